The molecule has 0 saturated carbocycles. The molecule has 32 heavy (non-hydrogen) atoms. The topological polar surface area (TPSA) is 86.7 Å². The van der Waals surface area contributed by atoms with Gasteiger partial charge in [0, 0.05) is 23.7 Å². The van der Waals surface area contributed by atoms with E-state index in [-0.39, 0.29) is 23.5 Å². The van der Waals surface area contributed by atoms with Crippen LogP contribution >= 0.6 is 11.6 Å². The van der Waals surface area contributed by atoms with Crippen LogP contribution < -0.4 is 5.32 Å². The highest BCUT2D eigenvalue weighted by molar-refractivity contribution is 7.78. The zero-order valence-corrected chi connectivity index (χ0v) is 19.9. The molecule has 2 N–H and O–H groups in total. The minimum atomic E-state index is -1.98. The van der Waals surface area contributed by atoms with Gasteiger partial charge in [-0.05, 0) is 60.1 Å². The molecule has 3 rings (SSSR count). The number of amides is 2. The Hall–Kier alpha value is -2.22. The van der Waals surface area contributed by atoms with E-state index in [1.165, 1.54) is 5.56 Å². The van der Waals surface area contributed by atoms with Gasteiger partial charge in [0.15, 0.2) is 11.1 Å². The lowest BCUT2D eigenvalue weighted by Crippen LogP contribution is -2.52. The third-order valence-corrected chi connectivity index (χ3v) is 6.68. The molecule has 2 aromatic rings. The molecule has 8 heteroatoms. The molecule has 1 aliphatic rings. The van der Waals surface area contributed by atoms with Crippen molar-refractivity contribution in [1.29, 1.82) is 0 Å². The second kappa shape index (κ2) is 11.1. The van der Waals surface area contributed by atoms with Crippen molar-refractivity contribution in [3.8, 4) is 0 Å². The van der Waals surface area contributed by atoms with Crippen LogP contribution in [0.25, 0.3) is 0 Å². The molecule has 1 aliphatic heterocycles. The zero-order valence-electron chi connectivity index (χ0n) is 18.3. The van der Waals surface area contributed by atoms with Crippen molar-refractivity contribution in [2.24, 2.45) is 5.92 Å². The lowest BCUT2D eigenvalue weighted by atomic mass is 9.89. The second-order valence-corrected chi connectivity index (χ2v) is 9.88. The van der Waals surface area contributed by atoms with E-state index in [9.17, 15) is 13.8 Å². The van der Waals surface area contributed by atoms with E-state index in [0.717, 1.165) is 12.8 Å². The molecule has 172 valence electrons. The summed E-state index contributed by atoms with van der Waals surface area (Å²) in [6.45, 7) is 5.11. The standard InChI is InChI=1S/C24H29ClN2O4S/c1-16(2)22(26-23(28)20-5-3-4-17(14-20)15-32(30)31)24(29)27-12-10-19(11-13-27)18-6-8-21(25)9-7-18/h3-9,14,16,19,22H,10-13,15H2,1-2H3,(H,26,28)(H,30,31)/t22-/m1/s1. The summed E-state index contributed by atoms with van der Waals surface area (Å²) in [5.41, 5.74) is 2.20. The van der Waals surface area contributed by atoms with Crippen molar-refractivity contribution < 1.29 is 18.4 Å². The first-order chi connectivity index (χ1) is 15.2. The molecule has 0 radical (unpaired) electrons. The molecule has 2 amide bonds. The van der Waals surface area contributed by atoms with E-state index in [1.54, 1.807) is 24.3 Å². The molecular formula is C24H29ClN2O4S. The highest BCUT2D eigenvalue weighted by atomic mass is 35.5. The maximum atomic E-state index is 13.2. The minimum absolute atomic E-state index is 0.0454. The molecule has 1 saturated heterocycles. The molecule has 6 nitrogen and oxygen atoms in total. The third kappa shape index (κ3) is 6.40. The van der Waals surface area contributed by atoms with Crippen LogP contribution in [0.5, 0.6) is 0 Å². The van der Waals surface area contributed by atoms with E-state index in [4.69, 9.17) is 16.2 Å². The van der Waals surface area contributed by atoms with Crippen LogP contribution in [-0.2, 0) is 21.6 Å². The molecule has 0 aliphatic carbocycles. The summed E-state index contributed by atoms with van der Waals surface area (Å²) in [5, 5.41) is 3.59. The van der Waals surface area contributed by atoms with Crippen LogP contribution in [0.1, 0.15) is 54.1 Å². The number of nitrogens with zero attached hydrogens (tertiary/aromatic N) is 1. The number of halogens is 1. The lowest BCUT2D eigenvalue weighted by Gasteiger charge is -2.35. The largest absolute Gasteiger partial charge is 0.341 e. The van der Waals surface area contributed by atoms with Crippen LogP contribution in [0.4, 0.5) is 0 Å². The molecule has 1 unspecified atom stereocenters. The van der Waals surface area contributed by atoms with E-state index in [2.05, 4.69) is 5.32 Å². The number of rotatable bonds is 7. The SMILES string of the molecule is CC(C)[C@@H](NC(=O)c1cccc(CS(=O)O)c1)C(=O)N1CCC(c2ccc(Cl)cc2)CC1. The summed E-state index contributed by atoms with van der Waals surface area (Å²) < 4.78 is 20.2. The highest BCUT2D eigenvalue weighted by Gasteiger charge is 2.31. The summed E-state index contributed by atoms with van der Waals surface area (Å²) in [7, 11) is 0. The Kier molecular flexibility index (Phi) is 8.45. The number of piperidine rings is 1. The molecule has 0 bridgehead atoms. The van der Waals surface area contributed by atoms with Crippen LogP contribution in [-0.4, -0.2) is 44.6 Å². The van der Waals surface area contributed by atoms with E-state index < -0.39 is 17.1 Å². The fourth-order valence-corrected chi connectivity index (χ4v) is 4.64. The molecular weight excluding hydrogens is 448 g/mol. The average molecular weight is 477 g/mol. The van der Waals surface area contributed by atoms with Crippen molar-refractivity contribution in [3.63, 3.8) is 0 Å². The maximum absolute atomic E-state index is 13.2. The highest BCUT2D eigenvalue weighted by Crippen LogP contribution is 2.29. The summed E-state index contributed by atoms with van der Waals surface area (Å²) >= 11 is 4.00. The Morgan fingerprint density at radius 2 is 1.81 bits per heavy atom. The maximum Gasteiger partial charge on any atom is 0.251 e. The monoisotopic (exact) mass is 476 g/mol. The number of carbonyl (C=O) groups is 2. The van der Waals surface area contributed by atoms with Gasteiger partial charge < -0.3 is 14.8 Å². The zero-order chi connectivity index (χ0) is 23.3. The van der Waals surface area contributed by atoms with E-state index >= 15 is 0 Å². The van der Waals surface area contributed by atoms with E-state index in [0.29, 0.717) is 35.2 Å². The smallest absolute Gasteiger partial charge is 0.251 e. The lowest BCUT2D eigenvalue weighted by molar-refractivity contribution is -0.135. The quantitative estimate of drug-likeness (QED) is 0.586. The summed E-state index contributed by atoms with van der Waals surface area (Å²) in [4.78, 5) is 27.9. The van der Waals surface area contributed by atoms with Gasteiger partial charge in [-0.3, -0.25) is 9.59 Å². The Labute approximate surface area is 196 Å². The number of benzene rings is 2. The van der Waals surface area contributed by atoms with Crippen LogP contribution in [0.15, 0.2) is 48.5 Å². The Balaban J connectivity index is 1.63. The molecule has 1 heterocycles. The second-order valence-electron chi connectivity index (χ2n) is 8.51. The third-order valence-electron chi connectivity index (χ3n) is 5.85. The Bertz CT molecular complexity index is 972. The van der Waals surface area contributed by atoms with Gasteiger partial charge in [-0.1, -0.05) is 49.7 Å². The van der Waals surface area contributed by atoms with Gasteiger partial charge in [-0.25, -0.2) is 4.21 Å². The number of likely N-dealkylation sites (tertiary alicyclic amines) is 1. The predicted octanol–water partition coefficient (Wildman–Crippen LogP) is 4.22. The number of hydrogen-bond donors (Lipinski definition) is 2. The predicted molar refractivity (Wildman–Crippen MR) is 127 cm³/mol. The Morgan fingerprint density at radius 1 is 1.16 bits per heavy atom. The molecule has 2 atom stereocenters. The number of hydrogen-bond acceptors (Lipinski definition) is 3. The summed E-state index contributed by atoms with van der Waals surface area (Å²) in [5.74, 6) is -0.165. The van der Waals surface area contributed by atoms with Gasteiger partial charge in [0.25, 0.3) is 5.91 Å². The van der Waals surface area contributed by atoms with Crippen molar-refractivity contribution in [3.05, 3.63) is 70.2 Å². The van der Waals surface area contributed by atoms with Crippen molar-refractivity contribution >= 4 is 34.5 Å². The fraction of sp³-hybridized carbons (Fsp3) is 0.417. The van der Waals surface area contributed by atoms with Crippen LogP contribution in [0.3, 0.4) is 0 Å². The van der Waals surface area contributed by atoms with Gasteiger partial charge in [0.05, 0.1) is 5.75 Å². The number of nitrogens with one attached hydrogen (secondary N) is 1. The van der Waals surface area contributed by atoms with E-state index in [1.807, 2.05) is 43.0 Å². The van der Waals surface area contributed by atoms with Crippen LogP contribution in [0, 0.1) is 5.92 Å². The van der Waals surface area contributed by atoms with Gasteiger partial charge >= 0.3 is 0 Å². The van der Waals surface area contributed by atoms with Crippen molar-refractivity contribution in [1.82, 2.24) is 10.2 Å². The average Bonchev–Trinajstić information content (AvgIpc) is 2.77. The first-order valence-electron chi connectivity index (χ1n) is 10.8. The van der Waals surface area contributed by atoms with Gasteiger partial charge in [-0.2, -0.15) is 0 Å². The number of carbonyl (C=O) groups excluding carboxylic acids is 2. The normalized spacial score (nSPS) is 16.6. The van der Waals surface area contributed by atoms with Gasteiger partial charge in [0.1, 0.15) is 6.04 Å². The van der Waals surface area contributed by atoms with Gasteiger partial charge in [0.2, 0.25) is 5.91 Å². The van der Waals surface area contributed by atoms with Crippen LogP contribution in [0.2, 0.25) is 5.02 Å². The molecule has 0 spiro atoms. The van der Waals surface area contributed by atoms with Crippen molar-refractivity contribution in [2.75, 3.05) is 13.1 Å². The van der Waals surface area contributed by atoms with Gasteiger partial charge in [-0.15, -0.1) is 0 Å². The molecule has 0 aromatic heterocycles. The fourth-order valence-electron chi connectivity index (χ4n) is 4.05. The summed E-state index contributed by atoms with van der Waals surface area (Å²) in [6, 6.07) is 13.8. The first kappa shape index (κ1) is 24.4. The Morgan fingerprint density at radius 3 is 2.41 bits per heavy atom. The molecule has 2 aromatic carbocycles. The minimum Gasteiger partial charge on any atom is -0.341 e. The first-order valence-corrected chi connectivity index (χ1v) is 12.4. The molecule has 1 fully saturated rings. The van der Waals surface area contributed by atoms with Crippen molar-refractivity contribution in [2.45, 2.75) is 44.4 Å². The summed E-state index contributed by atoms with van der Waals surface area (Å²) in [6.07, 6.45) is 1.74.